The molecule has 1 atom stereocenters. The number of halogens is 1. The maximum Gasteiger partial charge on any atom is 0.255 e. The average molecular weight is 318 g/mol. The molecule has 0 aliphatic carbocycles. The number of benzene rings is 1. The van der Waals surface area contributed by atoms with Gasteiger partial charge in [-0.25, -0.2) is 9.97 Å². The number of rotatable bonds is 4. The minimum Gasteiger partial charge on any atom is -0.345 e. The summed E-state index contributed by atoms with van der Waals surface area (Å²) in [7, 11) is 0. The zero-order chi connectivity index (χ0) is 16.3. The Labute approximate surface area is 135 Å². The highest BCUT2D eigenvalue weighted by molar-refractivity contribution is 6.30. The second-order valence-electron chi connectivity index (χ2n) is 5.63. The highest BCUT2D eigenvalue weighted by Gasteiger charge is 2.16. The molecule has 1 N–H and O–H groups in total. The molecule has 2 rings (SSSR count). The van der Waals surface area contributed by atoms with Gasteiger partial charge in [-0.05, 0) is 31.5 Å². The Hall–Kier alpha value is -1.94. The summed E-state index contributed by atoms with van der Waals surface area (Å²) in [6.07, 6.45) is 1.60. The Morgan fingerprint density at radius 1 is 1.18 bits per heavy atom. The van der Waals surface area contributed by atoms with Crippen LogP contribution in [0.3, 0.4) is 0 Å². The predicted molar refractivity (Wildman–Crippen MR) is 88.2 cm³/mol. The number of amides is 1. The molecule has 22 heavy (non-hydrogen) atoms. The Kier molecular flexibility index (Phi) is 5.14. The summed E-state index contributed by atoms with van der Waals surface area (Å²) in [5.41, 5.74) is 2.19. The molecular formula is C17H20ClN3O. The molecule has 1 heterocycles. The summed E-state index contributed by atoms with van der Waals surface area (Å²) in [4.78, 5) is 21.0. The summed E-state index contributed by atoms with van der Waals surface area (Å²) in [6.45, 7) is 7.81. The lowest BCUT2D eigenvalue weighted by molar-refractivity contribution is 0.0938. The summed E-state index contributed by atoms with van der Waals surface area (Å²) in [6, 6.07) is 7.31. The van der Waals surface area contributed by atoms with Gasteiger partial charge >= 0.3 is 0 Å². The van der Waals surface area contributed by atoms with E-state index in [0.717, 1.165) is 11.4 Å². The lowest BCUT2D eigenvalue weighted by Crippen LogP contribution is -2.28. The fraction of sp³-hybridized carbons (Fsp3) is 0.353. The first-order chi connectivity index (χ1) is 10.4. The van der Waals surface area contributed by atoms with E-state index >= 15 is 0 Å². The van der Waals surface area contributed by atoms with Gasteiger partial charge in [0.25, 0.3) is 5.91 Å². The first-order valence-corrected chi connectivity index (χ1v) is 7.66. The van der Waals surface area contributed by atoms with Crippen molar-refractivity contribution in [2.45, 2.75) is 39.7 Å². The van der Waals surface area contributed by atoms with Crippen molar-refractivity contribution < 1.29 is 4.79 Å². The number of aromatic nitrogens is 2. The zero-order valence-corrected chi connectivity index (χ0v) is 14.0. The van der Waals surface area contributed by atoms with Gasteiger partial charge in [-0.1, -0.05) is 37.6 Å². The number of carbonyl (C=O) groups excluding carboxylic acids is 1. The quantitative estimate of drug-likeness (QED) is 0.925. The summed E-state index contributed by atoms with van der Waals surface area (Å²) >= 11 is 5.88. The monoisotopic (exact) mass is 317 g/mol. The van der Waals surface area contributed by atoms with Crippen LogP contribution in [0.15, 0.2) is 30.5 Å². The molecule has 4 nitrogen and oxygen atoms in total. The smallest absolute Gasteiger partial charge is 0.255 e. The average Bonchev–Trinajstić information content (AvgIpc) is 2.47. The Morgan fingerprint density at radius 2 is 1.82 bits per heavy atom. The van der Waals surface area contributed by atoms with Crippen molar-refractivity contribution in [3.63, 3.8) is 0 Å². The van der Waals surface area contributed by atoms with Gasteiger partial charge in [0.1, 0.15) is 5.82 Å². The van der Waals surface area contributed by atoms with E-state index < -0.39 is 0 Å². The fourth-order valence-electron chi connectivity index (χ4n) is 2.10. The van der Waals surface area contributed by atoms with E-state index in [9.17, 15) is 4.79 Å². The van der Waals surface area contributed by atoms with Crippen molar-refractivity contribution in [3.8, 4) is 0 Å². The molecule has 0 radical (unpaired) electrons. The van der Waals surface area contributed by atoms with E-state index in [1.54, 1.807) is 6.20 Å². The minimum absolute atomic E-state index is 0.117. The Bertz CT molecular complexity index is 668. The predicted octanol–water partition coefficient (Wildman–Crippen LogP) is 4.05. The van der Waals surface area contributed by atoms with Gasteiger partial charge in [-0.15, -0.1) is 0 Å². The van der Waals surface area contributed by atoms with E-state index in [2.05, 4.69) is 15.3 Å². The van der Waals surface area contributed by atoms with E-state index in [0.29, 0.717) is 16.3 Å². The van der Waals surface area contributed by atoms with Crippen molar-refractivity contribution in [2.24, 2.45) is 0 Å². The third-order valence-electron chi connectivity index (χ3n) is 3.48. The second-order valence-corrected chi connectivity index (χ2v) is 6.07. The van der Waals surface area contributed by atoms with Crippen LogP contribution < -0.4 is 5.32 Å². The first-order valence-electron chi connectivity index (χ1n) is 7.28. The van der Waals surface area contributed by atoms with Crippen molar-refractivity contribution in [3.05, 3.63) is 58.1 Å². The number of aryl methyl sites for hydroxylation is 1. The van der Waals surface area contributed by atoms with Gasteiger partial charge in [0.05, 0.1) is 17.3 Å². The molecule has 0 fully saturated rings. The van der Waals surface area contributed by atoms with Gasteiger partial charge in [-0.3, -0.25) is 4.79 Å². The molecule has 5 heteroatoms. The number of hydrogen-bond acceptors (Lipinski definition) is 3. The second kappa shape index (κ2) is 6.88. The van der Waals surface area contributed by atoms with Crippen LogP contribution >= 0.6 is 11.6 Å². The molecule has 1 aromatic heterocycles. The Balaban J connectivity index is 2.13. The maximum absolute atomic E-state index is 12.4. The minimum atomic E-state index is -0.171. The fourth-order valence-corrected chi connectivity index (χ4v) is 2.22. The highest BCUT2D eigenvalue weighted by atomic mass is 35.5. The van der Waals surface area contributed by atoms with Gasteiger partial charge in [-0.2, -0.15) is 0 Å². The third-order valence-corrected chi connectivity index (χ3v) is 3.73. The number of nitrogens with one attached hydrogen (secondary N) is 1. The standard InChI is InChI=1S/C17H20ClN3O/c1-10(2)16-19-9-15(12(4)20-16)17(22)21-11(3)13-5-7-14(18)8-6-13/h5-11H,1-4H3,(H,21,22)/t11-/m0/s1. The molecule has 0 spiro atoms. The van der Waals surface area contributed by atoms with E-state index in [-0.39, 0.29) is 17.9 Å². The van der Waals surface area contributed by atoms with Crippen LogP contribution in [-0.2, 0) is 0 Å². The van der Waals surface area contributed by atoms with Crippen LogP contribution in [-0.4, -0.2) is 15.9 Å². The Morgan fingerprint density at radius 3 is 2.36 bits per heavy atom. The maximum atomic E-state index is 12.4. The molecular weight excluding hydrogens is 298 g/mol. The largest absolute Gasteiger partial charge is 0.345 e. The summed E-state index contributed by atoms with van der Waals surface area (Å²) in [5, 5.41) is 3.64. The molecule has 0 saturated carbocycles. The zero-order valence-electron chi connectivity index (χ0n) is 13.2. The summed E-state index contributed by atoms with van der Waals surface area (Å²) < 4.78 is 0. The topological polar surface area (TPSA) is 54.9 Å². The lowest BCUT2D eigenvalue weighted by atomic mass is 10.1. The van der Waals surface area contributed by atoms with Gasteiger partial charge in [0.15, 0.2) is 0 Å². The van der Waals surface area contributed by atoms with Crippen LogP contribution in [0.5, 0.6) is 0 Å². The van der Waals surface area contributed by atoms with E-state index in [1.807, 2.05) is 52.0 Å². The van der Waals surface area contributed by atoms with Crippen LogP contribution in [0.25, 0.3) is 0 Å². The van der Waals surface area contributed by atoms with Crippen molar-refractivity contribution in [2.75, 3.05) is 0 Å². The highest BCUT2D eigenvalue weighted by Crippen LogP contribution is 2.17. The number of hydrogen-bond donors (Lipinski definition) is 1. The molecule has 0 aliphatic heterocycles. The molecule has 0 aliphatic rings. The van der Waals surface area contributed by atoms with Gasteiger partial charge in [0, 0.05) is 17.1 Å². The molecule has 0 saturated heterocycles. The van der Waals surface area contributed by atoms with Crippen LogP contribution in [0.1, 0.15) is 60.2 Å². The molecule has 1 aromatic carbocycles. The first kappa shape index (κ1) is 16.4. The molecule has 116 valence electrons. The van der Waals surface area contributed by atoms with E-state index in [4.69, 9.17) is 11.6 Å². The lowest BCUT2D eigenvalue weighted by Gasteiger charge is -2.15. The van der Waals surface area contributed by atoms with Crippen molar-refractivity contribution in [1.29, 1.82) is 0 Å². The van der Waals surface area contributed by atoms with Crippen molar-refractivity contribution in [1.82, 2.24) is 15.3 Å². The van der Waals surface area contributed by atoms with Gasteiger partial charge in [0.2, 0.25) is 0 Å². The normalized spacial score (nSPS) is 12.3. The van der Waals surface area contributed by atoms with Crippen LogP contribution in [0.4, 0.5) is 0 Å². The number of nitrogens with zero attached hydrogens (tertiary/aromatic N) is 2. The van der Waals surface area contributed by atoms with E-state index in [1.165, 1.54) is 0 Å². The van der Waals surface area contributed by atoms with Crippen LogP contribution in [0.2, 0.25) is 5.02 Å². The SMILES string of the molecule is Cc1nc(C(C)C)ncc1C(=O)N[C@@H](C)c1ccc(Cl)cc1. The molecule has 2 aromatic rings. The van der Waals surface area contributed by atoms with Crippen molar-refractivity contribution >= 4 is 17.5 Å². The summed E-state index contributed by atoms with van der Waals surface area (Å²) in [5.74, 6) is 0.818. The molecule has 1 amide bonds. The molecule has 0 unspecified atom stereocenters. The van der Waals surface area contributed by atoms with Crippen LogP contribution in [0, 0.1) is 6.92 Å². The third kappa shape index (κ3) is 3.83. The van der Waals surface area contributed by atoms with Gasteiger partial charge < -0.3 is 5.32 Å². The number of carbonyl (C=O) groups is 1. The molecule has 0 bridgehead atoms.